The number of hydrogen-bond donors (Lipinski definition) is 1. The lowest BCUT2D eigenvalue weighted by atomic mass is 10.2. The van der Waals surface area contributed by atoms with Crippen LogP contribution in [0.4, 0.5) is 5.82 Å². The highest BCUT2D eigenvalue weighted by molar-refractivity contribution is 5.89. The summed E-state index contributed by atoms with van der Waals surface area (Å²) in [6, 6.07) is 8.78. The molecule has 18 heavy (non-hydrogen) atoms. The highest BCUT2D eigenvalue weighted by atomic mass is 15.2. The van der Waals surface area contributed by atoms with Gasteiger partial charge in [-0.2, -0.15) is 0 Å². The minimum Gasteiger partial charge on any atom is -0.352 e. The van der Waals surface area contributed by atoms with Crippen LogP contribution in [0.5, 0.6) is 0 Å². The topological polar surface area (TPSA) is 41.0 Å². The predicted octanol–water partition coefficient (Wildman–Crippen LogP) is 1.82. The molecule has 2 aromatic rings. The fourth-order valence-corrected chi connectivity index (χ4v) is 2.78. The summed E-state index contributed by atoms with van der Waals surface area (Å²) in [5, 5.41) is 4.43. The van der Waals surface area contributed by atoms with Gasteiger partial charge >= 0.3 is 0 Å². The normalized spacial score (nSPS) is 19.6. The van der Waals surface area contributed by atoms with Gasteiger partial charge in [0.05, 0.1) is 5.52 Å². The van der Waals surface area contributed by atoms with Gasteiger partial charge in [0, 0.05) is 24.5 Å². The van der Waals surface area contributed by atoms with Crippen molar-refractivity contribution in [3.8, 4) is 0 Å². The lowest BCUT2D eigenvalue weighted by Gasteiger charge is -2.26. The summed E-state index contributed by atoms with van der Waals surface area (Å²) < 4.78 is 0. The van der Waals surface area contributed by atoms with Crippen LogP contribution >= 0.6 is 0 Å². The monoisotopic (exact) mass is 242 g/mol. The van der Waals surface area contributed by atoms with Crippen molar-refractivity contribution in [1.82, 2.24) is 15.3 Å². The Bertz CT molecular complexity index is 535. The van der Waals surface area contributed by atoms with E-state index in [-0.39, 0.29) is 0 Å². The molecule has 1 aromatic carbocycles. The van der Waals surface area contributed by atoms with Crippen molar-refractivity contribution in [1.29, 1.82) is 0 Å². The minimum atomic E-state index is 0.549. The van der Waals surface area contributed by atoms with Crippen molar-refractivity contribution in [2.45, 2.75) is 18.9 Å². The molecule has 4 heteroatoms. The van der Waals surface area contributed by atoms with Crippen molar-refractivity contribution >= 4 is 16.7 Å². The second kappa shape index (κ2) is 4.90. The third-order valence-electron chi connectivity index (χ3n) is 3.61. The van der Waals surface area contributed by atoms with Gasteiger partial charge in [0.1, 0.15) is 12.1 Å². The van der Waals surface area contributed by atoms with Crippen LogP contribution in [0.2, 0.25) is 0 Å². The first-order chi connectivity index (χ1) is 8.90. The molecule has 0 spiro atoms. The second-order valence-corrected chi connectivity index (χ2v) is 4.76. The van der Waals surface area contributed by atoms with Crippen molar-refractivity contribution < 1.29 is 0 Å². The number of para-hydroxylation sites is 1. The SMILES string of the molecule is CNCC1CCCN1c1ncnc2ccccc12. The summed E-state index contributed by atoms with van der Waals surface area (Å²) in [5.41, 5.74) is 1.03. The van der Waals surface area contributed by atoms with E-state index in [1.165, 1.54) is 12.8 Å². The molecule has 0 aliphatic carbocycles. The average molecular weight is 242 g/mol. The molecule has 1 aliphatic heterocycles. The van der Waals surface area contributed by atoms with Gasteiger partial charge in [-0.05, 0) is 32.0 Å². The maximum absolute atomic E-state index is 4.51. The Labute approximate surface area is 107 Å². The van der Waals surface area contributed by atoms with E-state index in [4.69, 9.17) is 0 Å². The molecule has 1 N–H and O–H groups in total. The maximum atomic E-state index is 4.51. The third kappa shape index (κ3) is 1.93. The summed E-state index contributed by atoms with van der Waals surface area (Å²) >= 11 is 0. The number of fused-ring (bicyclic) bond motifs is 1. The molecule has 1 saturated heterocycles. The van der Waals surface area contributed by atoms with Gasteiger partial charge in [-0.25, -0.2) is 9.97 Å². The number of anilines is 1. The number of nitrogens with zero attached hydrogens (tertiary/aromatic N) is 3. The molecular weight excluding hydrogens is 224 g/mol. The smallest absolute Gasteiger partial charge is 0.140 e. The summed E-state index contributed by atoms with van der Waals surface area (Å²) in [6.45, 7) is 2.10. The number of hydrogen-bond acceptors (Lipinski definition) is 4. The second-order valence-electron chi connectivity index (χ2n) is 4.76. The van der Waals surface area contributed by atoms with E-state index in [0.29, 0.717) is 6.04 Å². The Hall–Kier alpha value is -1.68. The molecule has 0 amide bonds. The van der Waals surface area contributed by atoms with Crippen LogP contribution in [0.3, 0.4) is 0 Å². The van der Waals surface area contributed by atoms with Gasteiger partial charge in [-0.1, -0.05) is 12.1 Å². The van der Waals surface area contributed by atoms with E-state index in [1.807, 2.05) is 19.2 Å². The van der Waals surface area contributed by atoms with E-state index in [2.05, 4.69) is 32.3 Å². The molecule has 1 fully saturated rings. The Morgan fingerprint density at radius 1 is 1.33 bits per heavy atom. The molecule has 1 unspecified atom stereocenters. The molecule has 0 bridgehead atoms. The lowest BCUT2D eigenvalue weighted by Crippen LogP contribution is -2.37. The van der Waals surface area contributed by atoms with Crippen LogP contribution in [0, 0.1) is 0 Å². The van der Waals surface area contributed by atoms with Gasteiger partial charge in [-0.15, -0.1) is 0 Å². The predicted molar refractivity (Wildman–Crippen MR) is 73.8 cm³/mol. The summed E-state index contributed by atoms with van der Waals surface area (Å²) in [4.78, 5) is 11.3. The van der Waals surface area contributed by atoms with Crippen LogP contribution in [0.25, 0.3) is 10.9 Å². The molecule has 1 aliphatic rings. The van der Waals surface area contributed by atoms with E-state index in [1.54, 1.807) is 6.33 Å². The Balaban J connectivity index is 2.03. The zero-order valence-corrected chi connectivity index (χ0v) is 10.6. The number of nitrogens with one attached hydrogen (secondary N) is 1. The first-order valence-electron chi connectivity index (χ1n) is 6.51. The fourth-order valence-electron chi connectivity index (χ4n) is 2.78. The van der Waals surface area contributed by atoms with E-state index in [0.717, 1.165) is 29.8 Å². The van der Waals surface area contributed by atoms with Crippen LogP contribution < -0.4 is 10.2 Å². The lowest BCUT2D eigenvalue weighted by molar-refractivity contribution is 0.613. The van der Waals surface area contributed by atoms with Crippen LogP contribution in [0.15, 0.2) is 30.6 Å². The number of benzene rings is 1. The summed E-state index contributed by atoms with van der Waals surface area (Å²) in [5.74, 6) is 1.08. The first-order valence-corrected chi connectivity index (χ1v) is 6.51. The highest BCUT2D eigenvalue weighted by Gasteiger charge is 2.26. The summed E-state index contributed by atoms with van der Waals surface area (Å²) in [7, 11) is 2.01. The molecule has 2 heterocycles. The van der Waals surface area contributed by atoms with Crippen molar-refractivity contribution in [3.05, 3.63) is 30.6 Å². The Morgan fingerprint density at radius 2 is 2.22 bits per heavy atom. The van der Waals surface area contributed by atoms with E-state index >= 15 is 0 Å². The van der Waals surface area contributed by atoms with Crippen LogP contribution in [-0.4, -0.2) is 36.1 Å². The van der Waals surface area contributed by atoms with E-state index < -0.39 is 0 Å². The zero-order valence-electron chi connectivity index (χ0n) is 10.6. The van der Waals surface area contributed by atoms with Gasteiger partial charge in [-0.3, -0.25) is 0 Å². The molecule has 94 valence electrons. The minimum absolute atomic E-state index is 0.549. The van der Waals surface area contributed by atoms with Crippen LogP contribution in [0.1, 0.15) is 12.8 Å². The number of aromatic nitrogens is 2. The fraction of sp³-hybridized carbons (Fsp3) is 0.429. The van der Waals surface area contributed by atoms with Gasteiger partial charge in [0.25, 0.3) is 0 Å². The van der Waals surface area contributed by atoms with Crippen molar-refractivity contribution in [2.24, 2.45) is 0 Å². The number of rotatable bonds is 3. The van der Waals surface area contributed by atoms with Gasteiger partial charge in [0.15, 0.2) is 0 Å². The molecule has 1 aromatic heterocycles. The standard InChI is InChI=1S/C14H18N4/c1-15-9-11-5-4-8-18(11)14-12-6-2-3-7-13(12)16-10-17-14/h2-3,6-7,10-11,15H,4-5,8-9H2,1H3. The average Bonchev–Trinajstić information content (AvgIpc) is 2.87. The third-order valence-corrected chi connectivity index (χ3v) is 3.61. The quantitative estimate of drug-likeness (QED) is 0.891. The van der Waals surface area contributed by atoms with Gasteiger partial charge < -0.3 is 10.2 Å². The molecule has 0 radical (unpaired) electrons. The molecule has 3 rings (SSSR count). The van der Waals surface area contributed by atoms with Crippen LogP contribution in [-0.2, 0) is 0 Å². The Morgan fingerprint density at radius 3 is 3.11 bits per heavy atom. The van der Waals surface area contributed by atoms with E-state index in [9.17, 15) is 0 Å². The molecule has 1 atom stereocenters. The molecular formula is C14H18N4. The zero-order chi connectivity index (χ0) is 12.4. The number of likely N-dealkylation sites (N-methyl/N-ethyl adjacent to an activating group) is 1. The van der Waals surface area contributed by atoms with Gasteiger partial charge in [0.2, 0.25) is 0 Å². The van der Waals surface area contributed by atoms with Crippen molar-refractivity contribution in [2.75, 3.05) is 25.0 Å². The van der Waals surface area contributed by atoms with Crippen molar-refractivity contribution in [3.63, 3.8) is 0 Å². The largest absolute Gasteiger partial charge is 0.352 e. The summed E-state index contributed by atoms with van der Waals surface area (Å²) in [6.07, 6.45) is 4.15. The maximum Gasteiger partial charge on any atom is 0.140 e. The Kier molecular flexibility index (Phi) is 3.11. The highest BCUT2D eigenvalue weighted by Crippen LogP contribution is 2.28. The molecule has 0 saturated carbocycles. The first kappa shape index (κ1) is 11.4. The molecule has 4 nitrogen and oxygen atoms in total.